The van der Waals surface area contributed by atoms with Gasteiger partial charge in [-0.3, -0.25) is 0 Å². The van der Waals surface area contributed by atoms with Crippen LogP contribution in [-0.4, -0.2) is 25.2 Å². The van der Waals surface area contributed by atoms with Crippen LogP contribution in [-0.2, 0) is 0 Å². The summed E-state index contributed by atoms with van der Waals surface area (Å²) >= 11 is 0. The highest BCUT2D eigenvalue weighted by atomic mass is 15.3. The number of nitriles is 2. The Morgan fingerprint density at radius 1 is 0.525 bits per heavy atom. The zero-order chi connectivity index (χ0) is 28.0. The van der Waals surface area contributed by atoms with Gasteiger partial charge in [-0.15, -0.1) is 0 Å². The molecule has 196 valence electrons. The van der Waals surface area contributed by atoms with E-state index in [1.807, 2.05) is 148 Å². The summed E-state index contributed by atoms with van der Waals surface area (Å²) in [5.41, 5.74) is 1.83. The predicted octanol–water partition coefficient (Wildman–Crippen LogP) is 7.46. The monoisotopic (exact) mass is 520 g/mol. The van der Waals surface area contributed by atoms with Crippen molar-refractivity contribution in [2.75, 3.05) is 23.9 Å². The van der Waals surface area contributed by atoms with Gasteiger partial charge in [0.2, 0.25) is 0 Å². The van der Waals surface area contributed by atoms with Crippen molar-refractivity contribution in [1.82, 2.24) is 0 Å². The summed E-state index contributed by atoms with van der Waals surface area (Å²) in [5, 5.41) is 22.2. The molecule has 0 radical (unpaired) electrons. The number of para-hydroxylation sites is 2. The van der Waals surface area contributed by atoms with Crippen LogP contribution >= 0.6 is 0 Å². The summed E-state index contributed by atoms with van der Waals surface area (Å²) in [6.45, 7) is 0. The zero-order valence-corrected chi connectivity index (χ0v) is 22.8. The zero-order valence-electron chi connectivity index (χ0n) is 22.8. The topological polar surface area (TPSA) is 54.1 Å². The highest BCUT2D eigenvalue weighted by Gasteiger charge is 2.74. The second kappa shape index (κ2) is 11.4. The number of anilines is 2. The van der Waals surface area contributed by atoms with Crippen LogP contribution in [0.5, 0.6) is 0 Å². The minimum absolute atomic E-state index is 0.448. The Balaban J connectivity index is 1.73. The molecule has 0 aliphatic heterocycles. The normalized spacial score (nSPS) is 23.7. The van der Waals surface area contributed by atoms with Crippen molar-refractivity contribution in [3.63, 3.8) is 0 Å². The number of hydrogen-bond donors (Lipinski definition) is 0. The third-order valence-corrected chi connectivity index (χ3v) is 8.21. The van der Waals surface area contributed by atoms with Gasteiger partial charge in [-0.25, -0.2) is 0 Å². The molecule has 0 N–H and O–H groups in total. The summed E-state index contributed by atoms with van der Waals surface area (Å²) in [6, 6.07) is 45.5. The first-order valence-electron chi connectivity index (χ1n) is 13.4. The van der Waals surface area contributed by atoms with Gasteiger partial charge in [0.15, 0.2) is 0 Å². The molecule has 0 saturated heterocycles. The molecule has 1 aliphatic rings. The van der Waals surface area contributed by atoms with Crippen molar-refractivity contribution in [3.8, 4) is 12.1 Å². The standard InChI is InChI=1S/C36H32N4/c1-39(31-19-11-5-12-20-31)35(27-37)33(25-23-29-15-7-3-8-16-29)36(28-38,40(2)32-21-13-6-14-22-32)34(35)26-24-30-17-9-4-10-18-30/h3-26,33-34H,1-2H3/b25-23+,26-24+. The molecule has 5 rings (SSSR count). The molecule has 0 unspecified atom stereocenters. The fourth-order valence-corrected chi connectivity index (χ4v) is 6.08. The maximum atomic E-state index is 11.1. The van der Waals surface area contributed by atoms with E-state index in [-0.39, 0.29) is 0 Å². The van der Waals surface area contributed by atoms with E-state index in [4.69, 9.17) is 0 Å². The van der Waals surface area contributed by atoms with Gasteiger partial charge < -0.3 is 9.80 Å². The molecule has 4 aromatic rings. The average molecular weight is 521 g/mol. The molecule has 4 nitrogen and oxygen atoms in total. The second-order valence-electron chi connectivity index (χ2n) is 10.2. The van der Waals surface area contributed by atoms with Crippen molar-refractivity contribution in [3.05, 3.63) is 145 Å². The van der Waals surface area contributed by atoms with Gasteiger partial charge in [-0.2, -0.15) is 10.5 Å². The Kier molecular flexibility index (Phi) is 7.54. The lowest BCUT2D eigenvalue weighted by Gasteiger charge is -2.66. The molecular weight excluding hydrogens is 488 g/mol. The molecule has 1 saturated carbocycles. The quantitative estimate of drug-likeness (QED) is 0.242. The minimum atomic E-state index is -1.03. The van der Waals surface area contributed by atoms with Crippen LogP contribution in [0.1, 0.15) is 11.1 Å². The molecule has 0 amide bonds. The highest BCUT2D eigenvalue weighted by molar-refractivity contribution is 5.68. The van der Waals surface area contributed by atoms with E-state index in [0.29, 0.717) is 0 Å². The summed E-state index contributed by atoms with van der Waals surface area (Å²) in [4.78, 5) is 4.11. The number of rotatable bonds is 8. The van der Waals surface area contributed by atoms with E-state index in [1.54, 1.807) is 0 Å². The molecule has 0 spiro atoms. The van der Waals surface area contributed by atoms with E-state index in [0.717, 1.165) is 22.5 Å². The first kappa shape index (κ1) is 26.5. The van der Waals surface area contributed by atoms with Gasteiger partial charge in [-0.05, 0) is 35.4 Å². The van der Waals surface area contributed by atoms with Gasteiger partial charge in [-0.1, -0.05) is 121 Å². The third-order valence-electron chi connectivity index (χ3n) is 8.21. The molecule has 0 heterocycles. The van der Waals surface area contributed by atoms with E-state index >= 15 is 0 Å². The van der Waals surface area contributed by atoms with Crippen LogP contribution in [0.15, 0.2) is 133 Å². The van der Waals surface area contributed by atoms with Crippen molar-refractivity contribution in [1.29, 1.82) is 10.5 Å². The maximum absolute atomic E-state index is 11.1. The fraction of sp³-hybridized carbons (Fsp3) is 0.167. The van der Waals surface area contributed by atoms with Crippen LogP contribution < -0.4 is 9.80 Å². The first-order chi connectivity index (χ1) is 19.6. The van der Waals surface area contributed by atoms with Crippen LogP contribution in [0.2, 0.25) is 0 Å². The Hall–Kier alpha value is -5.06. The van der Waals surface area contributed by atoms with Gasteiger partial charge in [0.05, 0.1) is 24.0 Å². The molecule has 0 atom stereocenters. The lowest BCUT2D eigenvalue weighted by Crippen LogP contribution is -2.81. The highest BCUT2D eigenvalue weighted by Crippen LogP contribution is 2.60. The molecule has 40 heavy (non-hydrogen) atoms. The van der Waals surface area contributed by atoms with E-state index < -0.39 is 22.9 Å². The number of hydrogen-bond acceptors (Lipinski definition) is 4. The summed E-state index contributed by atoms with van der Waals surface area (Å²) in [6.07, 6.45) is 8.20. The van der Waals surface area contributed by atoms with Gasteiger partial charge in [0.25, 0.3) is 0 Å². The lowest BCUT2D eigenvalue weighted by molar-refractivity contribution is 0.0577. The van der Waals surface area contributed by atoms with E-state index in [2.05, 4.69) is 34.1 Å². The summed E-state index contributed by atoms with van der Waals surface area (Å²) < 4.78 is 0. The summed E-state index contributed by atoms with van der Waals surface area (Å²) in [7, 11) is 3.93. The van der Waals surface area contributed by atoms with Crippen LogP contribution in [0.25, 0.3) is 12.2 Å². The minimum Gasteiger partial charge on any atom is -0.355 e. The molecule has 4 aromatic carbocycles. The Morgan fingerprint density at radius 2 is 0.825 bits per heavy atom. The molecule has 0 bridgehead atoms. The average Bonchev–Trinajstić information content (AvgIpc) is 3.02. The van der Waals surface area contributed by atoms with E-state index in [9.17, 15) is 10.5 Å². The van der Waals surface area contributed by atoms with Crippen LogP contribution in [0, 0.1) is 34.5 Å². The van der Waals surface area contributed by atoms with Gasteiger partial charge >= 0.3 is 0 Å². The van der Waals surface area contributed by atoms with Gasteiger partial charge in [0.1, 0.15) is 11.1 Å². The van der Waals surface area contributed by atoms with Crippen molar-refractivity contribution < 1.29 is 0 Å². The number of nitrogens with zero attached hydrogens (tertiary/aromatic N) is 4. The molecule has 1 fully saturated rings. The largest absolute Gasteiger partial charge is 0.355 e. The third kappa shape index (κ3) is 4.45. The van der Waals surface area contributed by atoms with Crippen molar-refractivity contribution in [2.24, 2.45) is 11.8 Å². The maximum Gasteiger partial charge on any atom is 0.146 e. The Bertz CT molecular complexity index is 1420. The molecule has 4 heteroatoms. The van der Waals surface area contributed by atoms with Crippen molar-refractivity contribution >= 4 is 23.5 Å². The summed E-state index contributed by atoms with van der Waals surface area (Å²) in [5.74, 6) is -0.896. The lowest BCUT2D eigenvalue weighted by atomic mass is 9.45. The number of benzene rings is 4. The SMILES string of the molecule is CN(c1ccccc1)C1(C#N)C(/C=C/c2ccccc2)C(C#N)(N(C)c2ccccc2)C1/C=C/c1ccccc1. The molecular formula is C36H32N4. The predicted molar refractivity (Wildman–Crippen MR) is 164 cm³/mol. The van der Waals surface area contributed by atoms with Crippen LogP contribution in [0.3, 0.4) is 0 Å². The van der Waals surface area contributed by atoms with E-state index in [1.165, 1.54) is 0 Å². The van der Waals surface area contributed by atoms with Crippen LogP contribution in [0.4, 0.5) is 11.4 Å². The molecule has 1 aliphatic carbocycles. The smallest absolute Gasteiger partial charge is 0.146 e. The first-order valence-corrected chi connectivity index (χ1v) is 13.4. The fourth-order valence-electron chi connectivity index (χ4n) is 6.08. The Labute approximate surface area is 237 Å². The molecule has 0 aromatic heterocycles. The Morgan fingerprint density at radius 3 is 1.12 bits per heavy atom. The van der Waals surface area contributed by atoms with Gasteiger partial charge in [0, 0.05) is 25.5 Å². The van der Waals surface area contributed by atoms with Crippen molar-refractivity contribution in [2.45, 2.75) is 11.1 Å². The second-order valence-corrected chi connectivity index (χ2v) is 10.2.